The highest BCUT2D eigenvalue weighted by molar-refractivity contribution is 5.08. The Morgan fingerprint density at radius 1 is 1.37 bits per heavy atom. The Hall–Kier alpha value is -0.830. The van der Waals surface area contributed by atoms with E-state index in [1.807, 2.05) is 0 Å². The van der Waals surface area contributed by atoms with Gasteiger partial charge in [0, 0.05) is 12.6 Å². The molecule has 1 heterocycles. The van der Waals surface area contributed by atoms with Crippen LogP contribution in [0, 0.1) is 11.8 Å². The topological polar surface area (TPSA) is 38.0 Å². The van der Waals surface area contributed by atoms with Crippen molar-refractivity contribution >= 4 is 0 Å². The monoisotopic (exact) mass is 264 g/mol. The van der Waals surface area contributed by atoms with Gasteiger partial charge in [-0.05, 0) is 43.6 Å². The number of nitrogens with zero attached hydrogens (tertiary/aromatic N) is 2. The quantitative estimate of drug-likeness (QED) is 0.852. The molecule has 3 heteroatoms. The van der Waals surface area contributed by atoms with Crippen molar-refractivity contribution in [3.05, 3.63) is 18.0 Å². The molecule has 1 saturated carbocycles. The van der Waals surface area contributed by atoms with Gasteiger partial charge in [0.2, 0.25) is 0 Å². The van der Waals surface area contributed by atoms with E-state index in [9.17, 15) is 5.11 Å². The summed E-state index contributed by atoms with van der Waals surface area (Å²) in [4.78, 5) is 0. The van der Waals surface area contributed by atoms with Crippen molar-refractivity contribution in [2.75, 3.05) is 0 Å². The molecule has 0 radical (unpaired) electrons. The maximum atomic E-state index is 10.5. The summed E-state index contributed by atoms with van der Waals surface area (Å²) >= 11 is 0. The van der Waals surface area contributed by atoms with Gasteiger partial charge in [0.25, 0.3) is 0 Å². The maximum Gasteiger partial charge on any atom is 0.0709 e. The smallest absolute Gasteiger partial charge is 0.0709 e. The molecule has 0 bridgehead atoms. The molecule has 0 aliphatic heterocycles. The first-order chi connectivity index (χ1) is 8.97. The summed E-state index contributed by atoms with van der Waals surface area (Å²) in [6.07, 6.45) is 6.86. The minimum absolute atomic E-state index is 0.494. The van der Waals surface area contributed by atoms with Crippen LogP contribution in [-0.2, 0) is 6.42 Å². The van der Waals surface area contributed by atoms with Crippen molar-refractivity contribution in [2.45, 2.75) is 71.4 Å². The zero-order valence-corrected chi connectivity index (χ0v) is 12.8. The first kappa shape index (κ1) is 14.6. The third-order valence-electron chi connectivity index (χ3n) is 4.72. The van der Waals surface area contributed by atoms with Crippen molar-refractivity contribution in [3.63, 3.8) is 0 Å². The molecule has 1 N–H and O–H groups in total. The summed E-state index contributed by atoms with van der Waals surface area (Å²) < 4.78 is 2.07. The Morgan fingerprint density at radius 3 is 2.53 bits per heavy atom. The number of aromatic nitrogens is 2. The van der Waals surface area contributed by atoms with E-state index in [0.717, 1.165) is 31.4 Å². The fraction of sp³-hybridized carbons (Fsp3) is 0.812. The number of hydrogen-bond acceptors (Lipinski definition) is 2. The lowest BCUT2D eigenvalue weighted by Gasteiger charge is -2.45. The van der Waals surface area contributed by atoms with Gasteiger partial charge in [-0.1, -0.05) is 27.7 Å². The highest BCUT2D eigenvalue weighted by atomic mass is 16.3. The molecule has 1 aromatic rings. The summed E-state index contributed by atoms with van der Waals surface area (Å²) in [5.41, 5.74) is 0.541. The van der Waals surface area contributed by atoms with Crippen LogP contribution >= 0.6 is 0 Å². The molecule has 1 aliphatic carbocycles. The molecule has 0 atom stereocenters. The Labute approximate surface area is 117 Å². The zero-order valence-electron chi connectivity index (χ0n) is 12.8. The lowest BCUT2D eigenvalue weighted by atomic mass is 9.64. The molecular formula is C16H28N2O. The van der Waals surface area contributed by atoms with Crippen LogP contribution < -0.4 is 0 Å². The van der Waals surface area contributed by atoms with Crippen molar-refractivity contribution < 1.29 is 5.11 Å². The van der Waals surface area contributed by atoms with E-state index in [2.05, 4.69) is 49.7 Å². The Morgan fingerprint density at radius 2 is 2.00 bits per heavy atom. The first-order valence-electron chi connectivity index (χ1n) is 7.74. The summed E-state index contributed by atoms with van der Waals surface area (Å²) in [6, 6.07) is 2.56. The molecule has 0 saturated heterocycles. The first-order valence-corrected chi connectivity index (χ1v) is 7.74. The molecule has 0 unspecified atom stereocenters. The van der Waals surface area contributed by atoms with Crippen molar-refractivity contribution in [1.29, 1.82) is 0 Å². The third kappa shape index (κ3) is 3.19. The van der Waals surface area contributed by atoms with Gasteiger partial charge in [0.05, 0.1) is 17.3 Å². The molecule has 0 aromatic carbocycles. The number of aliphatic hydroxyl groups is 1. The van der Waals surface area contributed by atoms with Crippen LogP contribution in [0.25, 0.3) is 0 Å². The fourth-order valence-electron chi connectivity index (χ4n) is 3.21. The van der Waals surface area contributed by atoms with Gasteiger partial charge in [-0.3, -0.25) is 4.68 Å². The van der Waals surface area contributed by atoms with Crippen molar-refractivity contribution in [2.24, 2.45) is 11.8 Å². The Bertz CT molecular complexity index is 401. The lowest BCUT2D eigenvalue weighted by Crippen LogP contribution is -2.47. The molecule has 1 aliphatic rings. The molecule has 3 nitrogen and oxygen atoms in total. The van der Waals surface area contributed by atoms with Gasteiger partial charge in [-0.15, -0.1) is 0 Å². The van der Waals surface area contributed by atoms with E-state index in [1.54, 1.807) is 0 Å². The van der Waals surface area contributed by atoms with Gasteiger partial charge < -0.3 is 5.11 Å². The Balaban J connectivity index is 1.94. The van der Waals surface area contributed by atoms with Gasteiger partial charge in [-0.2, -0.15) is 5.10 Å². The SMILES string of the molecule is CCC(CC)n1ccc(CC2(O)CC(C(C)C)C2)n1. The average Bonchev–Trinajstić information content (AvgIpc) is 2.75. The fourth-order valence-corrected chi connectivity index (χ4v) is 3.21. The van der Waals surface area contributed by atoms with E-state index < -0.39 is 5.60 Å². The number of rotatable bonds is 6. The van der Waals surface area contributed by atoms with Crippen LogP contribution in [0.5, 0.6) is 0 Å². The van der Waals surface area contributed by atoms with Crippen LogP contribution in [0.1, 0.15) is 65.1 Å². The molecule has 19 heavy (non-hydrogen) atoms. The summed E-state index contributed by atoms with van der Waals surface area (Å²) in [7, 11) is 0. The second kappa shape index (κ2) is 5.66. The van der Waals surface area contributed by atoms with Crippen molar-refractivity contribution in [3.8, 4) is 0 Å². The highest BCUT2D eigenvalue weighted by Crippen LogP contribution is 2.43. The second-order valence-electron chi connectivity index (χ2n) is 6.57. The number of hydrogen-bond donors (Lipinski definition) is 1. The van der Waals surface area contributed by atoms with Crippen LogP contribution in [0.3, 0.4) is 0 Å². The zero-order chi connectivity index (χ0) is 14.0. The predicted molar refractivity (Wildman–Crippen MR) is 78.1 cm³/mol. The molecule has 108 valence electrons. The largest absolute Gasteiger partial charge is 0.389 e. The van der Waals surface area contributed by atoms with E-state index >= 15 is 0 Å². The van der Waals surface area contributed by atoms with Crippen LogP contribution in [0.15, 0.2) is 12.3 Å². The van der Waals surface area contributed by atoms with E-state index in [4.69, 9.17) is 0 Å². The normalized spacial score (nSPS) is 27.0. The maximum absolute atomic E-state index is 10.5. The Kier molecular flexibility index (Phi) is 4.34. The minimum atomic E-state index is -0.498. The molecule has 0 amide bonds. The molecule has 2 rings (SSSR count). The van der Waals surface area contributed by atoms with Gasteiger partial charge in [0.1, 0.15) is 0 Å². The van der Waals surface area contributed by atoms with Gasteiger partial charge >= 0.3 is 0 Å². The summed E-state index contributed by atoms with van der Waals surface area (Å²) in [6.45, 7) is 8.88. The van der Waals surface area contributed by atoms with Crippen LogP contribution in [0.4, 0.5) is 0 Å². The molecule has 1 fully saturated rings. The lowest BCUT2D eigenvalue weighted by molar-refractivity contribution is -0.0866. The van der Waals surface area contributed by atoms with Gasteiger partial charge in [0.15, 0.2) is 0 Å². The van der Waals surface area contributed by atoms with Crippen molar-refractivity contribution in [1.82, 2.24) is 9.78 Å². The molecular weight excluding hydrogens is 236 g/mol. The highest BCUT2D eigenvalue weighted by Gasteiger charge is 2.43. The second-order valence-corrected chi connectivity index (χ2v) is 6.57. The van der Waals surface area contributed by atoms with E-state index in [1.165, 1.54) is 0 Å². The van der Waals surface area contributed by atoms with Crippen LogP contribution in [0.2, 0.25) is 0 Å². The summed E-state index contributed by atoms with van der Waals surface area (Å²) in [5.74, 6) is 1.37. The predicted octanol–water partition coefficient (Wildman–Crippen LogP) is 3.58. The molecule has 1 aromatic heterocycles. The minimum Gasteiger partial charge on any atom is -0.389 e. The average molecular weight is 264 g/mol. The van der Waals surface area contributed by atoms with Crippen LogP contribution in [-0.4, -0.2) is 20.5 Å². The van der Waals surface area contributed by atoms with E-state index in [-0.39, 0.29) is 0 Å². The third-order valence-corrected chi connectivity index (χ3v) is 4.72. The van der Waals surface area contributed by atoms with Gasteiger partial charge in [-0.25, -0.2) is 0 Å². The molecule has 0 spiro atoms. The summed E-state index contributed by atoms with van der Waals surface area (Å²) in [5, 5.41) is 15.1. The van der Waals surface area contributed by atoms with E-state index in [0.29, 0.717) is 24.3 Å². The standard InChI is InChI=1S/C16H28N2O/c1-5-15(6-2)18-8-7-14(17-18)11-16(19)9-13(10-16)12(3)4/h7-8,12-13,15,19H,5-6,9-11H2,1-4H3.